The molecule has 0 fully saturated rings. The van der Waals surface area contributed by atoms with E-state index in [1.165, 1.54) is 0 Å². The first-order chi connectivity index (χ1) is 13.7. The molecule has 0 saturated heterocycles. The molecule has 0 spiro atoms. The molecule has 5 heteroatoms. The van der Waals surface area contributed by atoms with Crippen molar-refractivity contribution in [2.24, 2.45) is 5.41 Å². The van der Waals surface area contributed by atoms with Crippen molar-refractivity contribution in [2.75, 3.05) is 7.11 Å². The minimum Gasteiger partial charge on any atom is -0.496 e. The van der Waals surface area contributed by atoms with Gasteiger partial charge in [-0.3, -0.25) is 9.59 Å². The summed E-state index contributed by atoms with van der Waals surface area (Å²) in [7, 11) is -0.257. The molecule has 0 aliphatic carbocycles. The Bertz CT molecular complexity index is 929. The molecular weight excluding hydrogens is 392 g/mol. The van der Waals surface area contributed by atoms with Crippen LogP contribution in [0.5, 0.6) is 5.75 Å². The number of hydrogen-bond acceptors (Lipinski definition) is 4. The van der Waals surface area contributed by atoms with Crippen molar-refractivity contribution in [3.05, 3.63) is 53.6 Å². The number of ketones is 2. The van der Waals surface area contributed by atoms with Crippen LogP contribution in [-0.2, 0) is 4.43 Å². The summed E-state index contributed by atoms with van der Waals surface area (Å²) >= 11 is 0. The second-order valence-electron chi connectivity index (χ2n) is 10.1. The third kappa shape index (κ3) is 5.67. The second-order valence-corrected chi connectivity index (χ2v) is 14.6. The Morgan fingerprint density at radius 2 is 1.33 bits per heavy atom. The Morgan fingerprint density at radius 1 is 0.800 bits per heavy atom. The van der Waals surface area contributed by atoms with E-state index in [0.29, 0.717) is 16.9 Å². The topological polar surface area (TPSA) is 52.6 Å². The minimum absolute atomic E-state index is 0.0416. The summed E-state index contributed by atoms with van der Waals surface area (Å²) in [6, 6.07) is 12.9. The van der Waals surface area contributed by atoms with Crippen LogP contribution in [0.1, 0.15) is 55.3 Å². The number of rotatable bonds is 7. The van der Waals surface area contributed by atoms with Crippen molar-refractivity contribution in [3.63, 3.8) is 0 Å². The standard InChI is InChI=1S/C25H34O4Si/c1-24(2,3)22(26)19-14-15-21(28-6)20(16-19)17-10-12-18(13-11-17)23(27)25(4,5)29-30(7,8)9/h10-16H,1-9H3. The van der Waals surface area contributed by atoms with Crippen LogP contribution in [0.15, 0.2) is 42.5 Å². The average Bonchev–Trinajstić information content (AvgIpc) is 2.63. The van der Waals surface area contributed by atoms with E-state index in [-0.39, 0.29) is 11.6 Å². The fraction of sp³-hybridized carbons (Fsp3) is 0.440. The lowest BCUT2D eigenvalue weighted by molar-refractivity contribution is 0.0558. The van der Waals surface area contributed by atoms with Gasteiger partial charge in [0.15, 0.2) is 19.9 Å². The van der Waals surface area contributed by atoms with Crippen LogP contribution in [0.4, 0.5) is 0 Å². The van der Waals surface area contributed by atoms with Crippen LogP contribution in [-0.4, -0.2) is 32.6 Å². The van der Waals surface area contributed by atoms with Gasteiger partial charge in [-0.2, -0.15) is 0 Å². The Balaban J connectivity index is 2.40. The van der Waals surface area contributed by atoms with E-state index in [4.69, 9.17) is 9.16 Å². The molecule has 2 rings (SSSR count). The number of methoxy groups -OCH3 is 1. The highest BCUT2D eigenvalue weighted by molar-refractivity contribution is 6.70. The first-order valence-corrected chi connectivity index (χ1v) is 13.6. The maximum atomic E-state index is 13.0. The molecule has 162 valence electrons. The van der Waals surface area contributed by atoms with Gasteiger partial charge in [-0.1, -0.05) is 45.0 Å². The van der Waals surface area contributed by atoms with Crippen molar-refractivity contribution in [3.8, 4) is 16.9 Å². The number of hydrogen-bond donors (Lipinski definition) is 0. The van der Waals surface area contributed by atoms with E-state index in [1.54, 1.807) is 13.2 Å². The lowest BCUT2D eigenvalue weighted by Gasteiger charge is -2.31. The van der Waals surface area contributed by atoms with Crippen LogP contribution in [0.3, 0.4) is 0 Å². The van der Waals surface area contributed by atoms with Gasteiger partial charge in [0.2, 0.25) is 0 Å². The molecule has 0 unspecified atom stereocenters. The SMILES string of the molecule is COc1ccc(C(=O)C(C)(C)C)cc1-c1ccc(C(=O)C(C)(C)O[Si](C)(C)C)cc1. The maximum absolute atomic E-state index is 13.0. The van der Waals surface area contributed by atoms with Crippen molar-refractivity contribution in [1.82, 2.24) is 0 Å². The second kappa shape index (κ2) is 8.48. The van der Waals surface area contributed by atoms with Gasteiger partial charge in [0, 0.05) is 22.1 Å². The molecule has 0 amide bonds. The number of ether oxygens (including phenoxy) is 1. The summed E-state index contributed by atoms with van der Waals surface area (Å²) in [5.41, 5.74) is 1.61. The van der Waals surface area contributed by atoms with E-state index >= 15 is 0 Å². The molecule has 0 aromatic heterocycles. The van der Waals surface area contributed by atoms with E-state index in [1.807, 2.05) is 71.0 Å². The lowest BCUT2D eigenvalue weighted by atomic mass is 9.85. The van der Waals surface area contributed by atoms with Crippen LogP contribution < -0.4 is 4.74 Å². The van der Waals surface area contributed by atoms with Gasteiger partial charge >= 0.3 is 0 Å². The quantitative estimate of drug-likeness (QED) is 0.379. The average molecular weight is 427 g/mol. The minimum atomic E-state index is -1.87. The van der Waals surface area contributed by atoms with E-state index in [0.717, 1.165) is 11.1 Å². The highest BCUT2D eigenvalue weighted by atomic mass is 28.4. The summed E-state index contributed by atoms with van der Waals surface area (Å²) in [5, 5.41) is 0. The maximum Gasteiger partial charge on any atom is 0.192 e. The van der Waals surface area contributed by atoms with E-state index < -0.39 is 19.3 Å². The Labute approximate surface area is 181 Å². The summed E-state index contributed by atoms with van der Waals surface area (Å²) in [6.45, 7) is 15.6. The van der Waals surface area contributed by atoms with Gasteiger partial charge in [-0.15, -0.1) is 0 Å². The summed E-state index contributed by atoms with van der Waals surface area (Å²) < 4.78 is 11.6. The van der Waals surface area contributed by atoms with Crippen LogP contribution in [0.25, 0.3) is 11.1 Å². The number of carbonyl (C=O) groups is 2. The third-order valence-corrected chi connectivity index (χ3v) is 5.83. The molecule has 0 aliphatic heterocycles. The first-order valence-electron chi connectivity index (χ1n) is 10.2. The molecule has 2 aromatic carbocycles. The monoisotopic (exact) mass is 426 g/mol. The highest BCUT2D eigenvalue weighted by Gasteiger charge is 2.34. The first kappa shape index (κ1) is 24.0. The fourth-order valence-electron chi connectivity index (χ4n) is 3.47. The van der Waals surface area contributed by atoms with E-state index in [2.05, 4.69) is 19.6 Å². The zero-order valence-electron chi connectivity index (χ0n) is 19.7. The molecule has 0 saturated carbocycles. The predicted octanol–water partition coefficient (Wildman–Crippen LogP) is 6.40. The van der Waals surface area contributed by atoms with Crippen LogP contribution in [0.2, 0.25) is 19.6 Å². The molecule has 0 radical (unpaired) electrons. The molecule has 4 nitrogen and oxygen atoms in total. The number of benzene rings is 2. The molecule has 30 heavy (non-hydrogen) atoms. The van der Waals surface area contributed by atoms with Crippen molar-refractivity contribution >= 4 is 19.9 Å². The molecule has 0 heterocycles. The normalized spacial score (nSPS) is 12.6. The van der Waals surface area contributed by atoms with Gasteiger partial charge in [0.05, 0.1) is 7.11 Å². The summed E-state index contributed by atoms with van der Waals surface area (Å²) in [4.78, 5) is 25.7. The van der Waals surface area contributed by atoms with E-state index in [9.17, 15) is 9.59 Å². The van der Waals surface area contributed by atoms with Gasteiger partial charge in [-0.25, -0.2) is 0 Å². The number of Topliss-reactive ketones (excluding diaryl/α,β-unsaturated/α-hetero) is 2. The van der Waals surface area contributed by atoms with Gasteiger partial charge < -0.3 is 9.16 Å². The zero-order chi connectivity index (χ0) is 22.9. The third-order valence-electron chi connectivity index (χ3n) is 4.71. The Kier molecular flexibility index (Phi) is 6.79. The summed E-state index contributed by atoms with van der Waals surface area (Å²) in [5.74, 6) is 0.713. The summed E-state index contributed by atoms with van der Waals surface area (Å²) in [6.07, 6.45) is 0. The van der Waals surface area contributed by atoms with Gasteiger partial charge in [0.1, 0.15) is 11.4 Å². The van der Waals surface area contributed by atoms with Gasteiger partial charge in [-0.05, 0) is 57.3 Å². The molecule has 0 N–H and O–H groups in total. The Morgan fingerprint density at radius 3 is 1.80 bits per heavy atom. The number of carbonyl (C=O) groups excluding carboxylic acids is 2. The zero-order valence-corrected chi connectivity index (χ0v) is 20.7. The van der Waals surface area contributed by atoms with Crippen molar-refractivity contribution in [1.29, 1.82) is 0 Å². The smallest absolute Gasteiger partial charge is 0.192 e. The lowest BCUT2D eigenvalue weighted by Crippen LogP contribution is -2.44. The molecule has 2 aromatic rings. The van der Waals surface area contributed by atoms with Crippen molar-refractivity contribution in [2.45, 2.75) is 59.9 Å². The van der Waals surface area contributed by atoms with Crippen LogP contribution >= 0.6 is 0 Å². The highest BCUT2D eigenvalue weighted by Crippen LogP contribution is 2.33. The van der Waals surface area contributed by atoms with Gasteiger partial charge in [0.25, 0.3) is 0 Å². The Hall–Kier alpha value is -2.24. The molecule has 0 atom stereocenters. The molecular formula is C25H34O4Si. The molecule has 0 bridgehead atoms. The van der Waals surface area contributed by atoms with Crippen molar-refractivity contribution < 1.29 is 18.8 Å². The fourth-order valence-corrected chi connectivity index (χ4v) is 5.09. The molecule has 0 aliphatic rings. The largest absolute Gasteiger partial charge is 0.496 e. The van der Waals surface area contributed by atoms with Crippen LogP contribution in [0, 0.1) is 5.41 Å². The predicted molar refractivity (Wildman–Crippen MR) is 125 cm³/mol.